The summed E-state index contributed by atoms with van der Waals surface area (Å²) in [5.74, 6) is 2.24. The molecule has 1 saturated carbocycles. The molecule has 2 fully saturated rings. The fourth-order valence-corrected chi connectivity index (χ4v) is 2.81. The van der Waals surface area contributed by atoms with Crippen molar-refractivity contribution in [2.75, 3.05) is 37.6 Å². The molecular formula is C16H21N5O. The normalized spacial score (nSPS) is 23.8. The highest BCUT2D eigenvalue weighted by Gasteiger charge is 2.33. The summed E-state index contributed by atoms with van der Waals surface area (Å²) < 4.78 is 0. The Balaban J connectivity index is 1.49. The summed E-state index contributed by atoms with van der Waals surface area (Å²) >= 11 is 0. The van der Waals surface area contributed by atoms with Gasteiger partial charge in [-0.1, -0.05) is 6.92 Å². The minimum absolute atomic E-state index is 0.0393. The molecule has 0 bridgehead atoms. The van der Waals surface area contributed by atoms with Gasteiger partial charge in [0.15, 0.2) is 0 Å². The van der Waals surface area contributed by atoms with Gasteiger partial charge >= 0.3 is 6.03 Å². The second-order valence-electron chi connectivity index (χ2n) is 6.15. The molecule has 0 spiro atoms. The van der Waals surface area contributed by atoms with Gasteiger partial charge < -0.3 is 15.1 Å². The lowest BCUT2D eigenvalue weighted by molar-refractivity contribution is 0.193. The van der Waals surface area contributed by atoms with Crippen molar-refractivity contribution in [1.29, 1.82) is 5.26 Å². The summed E-state index contributed by atoms with van der Waals surface area (Å²) in [5, 5.41) is 12.0. The standard InChI is InChI=1S/C16H21N5O/c1-12-8-14(12)11-19-16(22)21-6-4-20(5-7-21)15-9-13(10-17)2-3-18-15/h2-3,9,12,14H,4-8,11H2,1H3,(H,19,22)/t12-,14-/m1/s1. The maximum atomic E-state index is 12.1. The molecule has 1 N–H and O–H groups in total. The Morgan fingerprint density at radius 2 is 2.18 bits per heavy atom. The molecule has 2 heterocycles. The molecule has 2 atom stereocenters. The highest BCUT2D eigenvalue weighted by molar-refractivity contribution is 5.74. The third-order valence-corrected chi connectivity index (χ3v) is 4.56. The number of piperazine rings is 1. The molecule has 1 saturated heterocycles. The first-order chi connectivity index (χ1) is 10.7. The zero-order valence-electron chi connectivity index (χ0n) is 12.8. The Labute approximate surface area is 130 Å². The summed E-state index contributed by atoms with van der Waals surface area (Å²) in [6.45, 7) is 5.88. The highest BCUT2D eigenvalue weighted by Crippen LogP contribution is 2.36. The maximum absolute atomic E-state index is 12.1. The molecule has 1 aromatic heterocycles. The van der Waals surface area contributed by atoms with Gasteiger partial charge in [0, 0.05) is 38.9 Å². The SMILES string of the molecule is C[C@@H]1C[C@@H]1CNC(=O)N1CCN(c2cc(C#N)ccn2)CC1. The minimum Gasteiger partial charge on any atom is -0.353 e. The number of hydrogen-bond donors (Lipinski definition) is 1. The number of nitrogens with zero attached hydrogens (tertiary/aromatic N) is 4. The van der Waals surface area contributed by atoms with Crippen molar-refractivity contribution in [3.63, 3.8) is 0 Å². The topological polar surface area (TPSA) is 72.3 Å². The van der Waals surface area contributed by atoms with Crippen LogP contribution in [0.2, 0.25) is 0 Å². The van der Waals surface area contributed by atoms with Gasteiger partial charge in [-0.15, -0.1) is 0 Å². The van der Waals surface area contributed by atoms with E-state index >= 15 is 0 Å². The van der Waals surface area contributed by atoms with Crippen LogP contribution in [-0.4, -0.2) is 48.6 Å². The third kappa shape index (κ3) is 3.30. The van der Waals surface area contributed by atoms with Crippen molar-refractivity contribution in [2.24, 2.45) is 11.8 Å². The third-order valence-electron chi connectivity index (χ3n) is 4.56. The van der Waals surface area contributed by atoms with Gasteiger partial charge in [-0.2, -0.15) is 5.26 Å². The fourth-order valence-electron chi connectivity index (χ4n) is 2.81. The number of urea groups is 1. The van der Waals surface area contributed by atoms with Gasteiger partial charge in [0.25, 0.3) is 0 Å². The van der Waals surface area contributed by atoms with Crippen LogP contribution in [0.5, 0.6) is 0 Å². The molecule has 2 amide bonds. The highest BCUT2D eigenvalue weighted by atomic mass is 16.2. The van der Waals surface area contributed by atoms with E-state index in [0.29, 0.717) is 24.6 Å². The van der Waals surface area contributed by atoms with E-state index < -0.39 is 0 Å². The fraction of sp³-hybridized carbons (Fsp3) is 0.562. The number of amides is 2. The molecule has 2 aliphatic rings. The number of hydrogen-bond acceptors (Lipinski definition) is 4. The number of aromatic nitrogens is 1. The number of anilines is 1. The molecule has 0 radical (unpaired) electrons. The average molecular weight is 299 g/mol. The number of nitriles is 1. The van der Waals surface area contributed by atoms with Crippen LogP contribution < -0.4 is 10.2 Å². The van der Waals surface area contributed by atoms with Crippen molar-refractivity contribution >= 4 is 11.8 Å². The first-order valence-corrected chi connectivity index (χ1v) is 7.81. The Bertz CT molecular complexity index is 588. The molecule has 1 aromatic rings. The van der Waals surface area contributed by atoms with Crippen LogP contribution in [0.4, 0.5) is 10.6 Å². The quantitative estimate of drug-likeness (QED) is 0.916. The second-order valence-corrected chi connectivity index (χ2v) is 6.15. The van der Waals surface area contributed by atoms with E-state index in [1.807, 2.05) is 4.90 Å². The van der Waals surface area contributed by atoms with Gasteiger partial charge in [0.1, 0.15) is 5.82 Å². The van der Waals surface area contributed by atoms with Crippen LogP contribution in [0.1, 0.15) is 18.9 Å². The lowest BCUT2D eigenvalue weighted by Gasteiger charge is -2.35. The average Bonchev–Trinajstić information content (AvgIpc) is 3.28. The van der Waals surface area contributed by atoms with Crippen LogP contribution >= 0.6 is 0 Å². The van der Waals surface area contributed by atoms with Gasteiger partial charge in [-0.25, -0.2) is 9.78 Å². The Morgan fingerprint density at radius 3 is 2.82 bits per heavy atom. The molecule has 3 rings (SSSR count). The molecular weight excluding hydrogens is 278 g/mol. The molecule has 116 valence electrons. The monoisotopic (exact) mass is 299 g/mol. The molecule has 1 aliphatic heterocycles. The predicted octanol–water partition coefficient (Wildman–Crippen LogP) is 1.44. The van der Waals surface area contributed by atoms with Crippen molar-refractivity contribution < 1.29 is 4.79 Å². The number of carbonyl (C=O) groups excluding carboxylic acids is 1. The summed E-state index contributed by atoms with van der Waals surface area (Å²) in [6, 6.07) is 5.66. The summed E-state index contributed by atoms with van der Waals surface area (Å²) in [4.78, 5) is 20.4. The van der Waals surface area contributed by atoms with Gasteiger partial charge in [-0.05, 0) is 30.4 Å². The van der Waals surface area contributed by atoms with E-state index in [1.54, 1.807) is 18.3 Å². The van der Waals surface area contributed by atoms with E-state index in [9.17, 15) is 4.79 Å². The first-order valence-electron chi connectivity index (χ1n) is 7.81. The molecule has 22 heavy (non-hydrogen) atoms. The van der Waals surface area contributed by atoms with E-state index in [1.165, 1.54) is 6.42 Å². The number of carbonyl (C=O) groups is 1. The Morgan fingerprint density at radius 1 is 1.45 bits per heavy atom. The van der Waals surface area contributed by atoms with Gasteiger partial charge in [0.05, 0.1) is 11.6 Å². The lowest BCUT2D eigenvalue weighted by atomic mass is 10.2. The second kappa shape index (κ2) is 6.22. The van der Waals surface area contributed by atoms with E-state index in [2.05, 4.69) is 28.2 Å². The van der Waals surface area contributed by atoms with E-state index in [-0.39, 0.29) is 6.03 Å². The van der Waals surface area contributed by atoms with Gasteiger partial charge in [-0.3, -0.25) is 0 Å². The van der Waals surface area contributed by atoms with Gasteiger partial charge in [0.2, 0.25) is 0 Å². The van der Waals surface area contributed by atoms with Crippen molar-refractivity contribution in [3.8, 4) is 6.07 Å². The smallest absolute Gasteiger partial charge is 0.317 e. The lowest BCUT2D eigenvalue weighted by Crippen LogP contribution is -2.52. The largest absolute Gasteiger partial charge is 0.353 e. The van der Waals surface area contributed by atoms with Crippen molar-refractivity contribution in [2.45, 2.75) is 13.3 Å². The molecule has 6 nitrogen and oxygen atoms in total. The van der Waals surface area contributed by atoms with Crippen LogP contribution in [0, 0.1) is 23.2 Å². The zero-order chi connectivity index (χ0) is 15.5. The zero-order valence-corrected chi connectivity index (χ0v) is 12.8. The number of nitrogens with one attached hydrogen (secondary N) is 1. The predicted molar refractivity (Wildman–Crippen MR) is 83.4 cm³/mol. The summed E-state index contributed by atoms with van der Waals surface area (Å²) in [7, 11) is 0. The van der Waals surface area contributed by atoms with Crippen LogP contribution in [-0.2, 0) is 0 Å². The minimum atomic E-state index is 0.0393. The summed E-state index contributed by atoms with van der Waals surface area (Å²) in [6.07, 6.45) is 2.89. The van der Waals surface area contributed by atoms with E-state index in [4.69, 9.17) is 5.26 Å². The van der Waals surface area contributed by atoms with Crippen LogP contribution in [0.3, 0.4) is 0 Å². The molecule has 0 aromatic carbocycles. The van der Waals surface area contributed by atoms with E-state index in [0.717, 1.165) is 31.4 Å². The molecule has 0 unspecified atom stereocenters. The number of rotatable bonds is 3. The molecule has 6 heteroatoms. The summed E-state index contributed by atoms with van der Waals surface area (Å²) in [5.41, 5.74) is 0.615. The van der Waals surface area contributed by atoms with Crippen molar-refractivity contribution in [1.82, 2.24) is 15.2 Å². The first kappa shape index (κ1) is 14.6. The maximum Gasteiger partial charge on any atom is 0.317 e. The van der Waals surface area contributed by atoms with Crippen LogP contribution in [0.15, 0.2) is 18.3 Å². The Hall–Kier alpha value is -2.29. The Kier molecular flexibility index (Phi) is 4.14. The number of pyridine rings is 1. The van der Waals surface area contributed by atoms with Crippen molar-refractivity contribution in [3.05, 3.63) is 23.9 Å². The molecule has 1 aliphatic carbocycles. The van der Waals surface area contributed by atoms with Crippen LogP contribution in [0.25, 0.3) is 0 Å².